The first kappa shape index (κ1) is 26.7. The molecule has 0 saturated heterocycles. The van der Waals surface area contributed by atoms with E-state index in [1.807, 2.05) is 31.2 Å². The first-order chi connectivity index (χ1) is 16.7. The van der Waals surface area contributed by atoms with Gasteiger partial charge in [-0.2, -0.15) is 0 Å². The number of rotatable bonds is 9. The van der Waals surface area contributed by atoms with Crippen LogP contribution in [-0.4, -0.2) is 52.6 Å². The maximum absolute atomic E-state index is 12.6. The van der Waals surface area contributed by atoms with Gasteiger partial charge in [0.2, 0.25) is 5.91 Å². The van der Waals surface area contributed by atoms with Gasteiger partial charge in [-0.15, -0.1) is 21.5 Å². The third-order valence-corrected chi connectivity index (χ3v) is 7.59. The van der Waals surface area contributed by atoms with Crippen molar-refractivity contribution in [3.63, 3.8) is 0 Å². The number of hydrogen-bond donors (Lipinski definition) is 1. The largest absolute Gasteiger partial charge is 0.483 e. The third-order valence-electron chi connectivity index (χ3n) is 4.85. The standard InChI is InChI=1S/C22H23BrN4O6S2/c1-11-16(20(29)31-4)19(35-17(11)21(30)32-5)24-15(28)10-34-22-26-25-18(27(22)3)12(2)33-14-8-6-13(23)7-9-14/h6-9,12H,10H2,1-5H3,(H,24,28). The molecule has 1 atom stereocenters. The van der Waals surface area contributed by atoms with Gasteiger partial charge in [0.15, 0.2) is 17.1 Å². The molecule has 0 fully saturated rings. The topological polar surface area (TPSA) is 122 Å². The van der Waals surface area contributed by atoms with Gasteiger partial charge in [-0.1, -0.05) is 27.7 Å². The Bertz CT molecular complexity index is 1240. The van der Waals surface area contributed by atoms with E-state index in [4.69, 9.17) is 14.2 Å². The van der Waals surface area contributed by atoms with E-state index in [1.165, 1.54) is 26.0 Å². The second-order valence-electron chi connectivity index (χ2n) is 7.19. The summed E-state index contributed by atoms with van der Waals surface area (Å²) in [6, 6.07) is 7.45. The number of benzene rings is 1. The summed E-state index contributed by atoms with van der Waals surface area (Å²) < 4.78 is 18.2. The van der Waals surface area contributed by atoms with Crippen LogP contribution in [0, 0.1) is 6.92 Å². The fourth-order valence-electron chi connectivity index (χ4n) is 3.11. The Kier molecular flexibility index (Phi) is 8.92. The van der Waals surface area contributed by atoms with Gasteiger partial charge in [-0.3, -0.25) is 4.79 Å². The number of esters is 2. The van der Waals surface area contributed by atoms with E-state index in [0.717, 1.165) is 15.8 Å². The molecule has 10 nitrogen and oxygen atoms in total. The Morgan fingerprint density at radius 2 is 1.80 bits per heavy atom. The number of anilines is 1. The number of amides is 1. The van der Waals surface area contributed by atoms with Crippen LogP contribution in [0.4, 0.5) is 5.00 Å². The Morgan fingerprint density at radius 3 is 2.43 bits per heavy atom. The van der Waals surface area contributed by atoms with E-state index in [-0.39, 0.29) is 33.2 Å². The van der Waals surface area contributed by atoms with Crippen molar-refractivity contribution >= 4 is 61.9 Å². The van der Waals surface area contributed by atoms with Crippen LogP contribution in [-0.2, 0) is 21.3 Å². The number of methoxy groups -OCH3 is 2. The Balaban J connectivity index is 1.67. The molecular weight excluding hydrogens is 560 g/mol. The highest BCUT2D eigenvalue weighted by Gasteiger charge is 2.27. The van der Waals surface area contributed by atoms with Gasteiger partial charge in [-0.05, 0) is 43.7 Å². The number of hydrogen-bond acceptors (Lipinski definition) is 10. The highest BCUT2D eigenvalue weighted by molar-refractivity contribution is 9.10. The number of thiophene rings is 1. The molecule has 2 heterocycles. The van der Waals surface area contributed by atoms with Crippen LogP contribution < -0.4 is 10.1 Å². The maximum Gasteiger partial charge on any atom is 0.348 e. The van der Waals surface area contributed by atoms with Crippen molar-refractivity contribution in [3.8, 4) is 5.75 Å². The zero-order chi connectivity index (χ0) is 25.7. The average Bonchev–Trinajstić information content (AvgIpc) is 3.37. The SMILES string of the molecule is COC(=O)c1sc(NC(=O)CSc2nnc(C(C)Oc3ccc(Br)cc3)n2C)c(C(=O)OC)c1C. The molecule has 3 rings (SSSR count). The Labute approximate surface area is 218 Å². The molecule has 1 N–H and O–H groups in total. The second kappa shape index (κ2) is 11.7. The number of ether oxygens (including phenoxy) is 3. The van der Waals surface area contributed by atoms with Gasteiger partial charge < -0.3 is 24.1 Å². The predicted molar refractivity (Wildman–Crippen MR) is 135 cm³/mol. The quantitative estimate of drug-likeness (QED) is 0.289. The molecule has 186 valence electrons. The van der Waals surface area contributed by atoms with Crippen molar-refractivity contribution in [2.24, 2.45) is 7.05 Å². The number of carbonyl (C=O) groups is 3. The minimum atomic E-state index is -0.658. The van der Waals surface area contributed by atoms with Crippen molar-refractivity contribution in [2.45, 2.75) is 25.1 Å². The first-order valence-corrected chi connectivity index (χ1v) is 12.8. The summed E-state index contributed by atoms with van der Waals surface area (Å²) in [7, 11) is 4.26. The van der Waals surface area contributed by atoms with E-state index < -0.39 is 11.9 Å². The van der Waals surface area contributed by atoms with Gasteiger partial charge in [0.1, 0.15) is 15.6 Å². The van der Waals surface area contributed by atoms with Gasteiger partial charge >= 0.3 is 11.9 Å². The molecule has 35 heavy (non-hydrogen) atoms. The van der Waals surface area contributed by atoms with Crippen LogP contribution in [0.1, 0.15) is 44.4 Å². The molecule has 0 saturated carbocycles. The molecule has 1 aromatic carbocycles. The number of carbonyl (C=O) groups excluding carboxylic acids is 3. The average molecular weight is 583 g/mol. The van der Waals surface area contributed by atoms with Crippen molar-refractivity contribution in [3.05, 3.63) is 50.6 Å². The van der Waals surface area contributed by atoms with Crippen molar-refractivity contribution in [1.82, 2.24) is 14.8 Å². The smallest absolute Gasteiger partial charge is 0.348 e. The lowest BCUT2D eigenvalue weighted by molar-refractivity contribution is -0.113. The second-order valence-corrected chi connectivity index (χ2v) is 10.1. The van der Waals surface area contributed by atoms with E-state index in [2.05, 4.69) is 31.4 Å². The number of halogens is 1. The number of aromatic nitrogens is 3. The van der Waals surface area contributed by atoms with Crippen LogP contribution in [0.5, 0.6) is 5.75 Å². The molecule has 1 amide bonds. The van der Waals surface area contributed by atoms with E-state index in [0.29, 0.717) is 22.3 Å². The number of nitrogens with zero attached hydrogens (tertiary/aromatic N) is 3. The molecule has 2 aromatic heterocycles. The van der Waals surface area contributed by atoms with E-state index >= 15 is 0 Å². The normalized spacial score (nSPS) is 11.6. The molecule has 1 unspecified atom stereocenters. The minimum Gasteiger partial charge on any atom is -0.483 e. The molecule has 0 aliphatic rings. The lowest BCUT2D eigenvalue weighted by atomic mass is 10.1. The van der Waals surface area contributed by atoms with Gasteiger partial charge in [-0.25, -0.2) is 9.59 Å². The number of nitrogens with one attached hydrogen (secondary N) is 1. The zero-order valence-corrected chi connectivity index (χ0v) is 22.8. The summed E-state index contributed by atoms with van der Waals surface area (Å²) >= 11 is 5.52. The van der Waals surface area contributed by atoms with Crippen LogP contribution in [0.25, 0.3) is 0 Å². The van der Waals surface area contributed by atoms with Crippen LogP contribution in [0.2, 0.25) is 0 Å². The monoisotopic (exact) mass is 582 g/mol. The molecular formula is C22H23BrN4O6S2. The lowest BCUT2D eigenvalue weighted by Gasteiger charge is -2.14. The molecule has 0 radical (unpaired) electrons. The van der Waals surface area contributed by atoms with Gasteiger partial charge in [0.05, 0.1) is 25.5 Å². The van der Waals surface area contributed by atoms with E-state index in [1.54, 1.807) is 18.5 Å². The highest BCUT2D eigenvalue weighted by Crippen LogP contribution is 2.34. The summed E-state index contributed by atoms with van der Waals surface area (Å²) in [6.07, 6.45) is -0.370. The molecule has 0 bridgehead atoms. The summed E-state index contributed by atoms with van der Waals surface area (Å²) in [4.78, 5) is 37.1. The summed E-state index contributed by atoms with van der Waals surface area (Å²) in [6.45, 7) is 3.46. The fourth-order valence-corrected chi connectivity index (χ4v) is 5.22. The summed E-state index contributed by atoms with van der Waals surface area (Å²) in [5.41, 5.74) is 0.505. The maximum atomic E-state index is 12.6. The summed E-state index contributed by atoms with van der Waals surface area (Å²) in [5, 5.41) is 11.8. The highest BCUT2D eigenvalue weighted by atomic mass is 79.9. The Hall–Kier alpha value is -2.90. The number of thioether (sulfide) groups is 1. The molecule has 3 aromatic rings. The fraction of sp³-hybridized carbons (Fsp3) is 0.318. The lowest BCUT2D eigenvalue weighted by Crippen LogP contribution is -2.16. The molecule has 0 aliphatic carbocycles. The third kappa shape index (κ3) is 6.21. The molecule has 0 spiro atoms. The summed E-state index contributed by atoms with van der Waals surface area (Å²) in [5.74, 6) is -0.356. The predicted octanol–water partition coefficient (Wildman–Crippen LogP) is 4.39. The van der Waals surface area contributed by atoms with Crippen LogP contribution >= 0.6 is 39.0 Å². The van der Waals surface area contributed by atoms with Crippen molar-refractivity contribution in [1.29, 1.82) is 0 Å². The first-order valence-electron chi connectivity index (χ1n) is 10.2. The molecule has 13 heteroatoms. The van der Waals surface area contributed by atoms with Crippen LogP contribution in [0.15, 0.2) is 33.9 Å². The van der Waals surface area contributed by atoms with E-state index in [9.17, 15) is 14.4 Å². The van der Waals surface area contributed by atoms with Gasteiger partial charge in [0.25, 0.3) is 0 Å². The minimum absolute atomic E-state index is 0.000951. The van der Waals surface area contributed by atoms with Crippen molar-refractivity contribution in [2.75, 3.05) is 25.3 Å². The van der Waals surface area contributed by atoms with Crippen molar-refractivity contribution < 1.29 is 28.6 Å². The molecule has 0 aliphatic heterocycles. The Morgan fingerprint density at radius 1 is 1.14 bits per heavy atom. The zero-order valence-electron chi connectivity index (χ0n) is 19.6. The van der Waals surface area contributed by atoms with Crippen LogP contribution in [0.3, 0.4) is 0 Å². The van der Waals surface area contributed by atoms with Gasteiger partial charge in [0, 0.05) is 11.5 Å².